The number of benzene rings is 1. The van der Waals surface area contributed by atoms with Crippen molar-refractivity contribution >= 4 is 17.5 Å². The number of hydrogen-bond acceptors (Lipinski definition) is 2. The van der Waals surface area contributed by atoms with Crippen LogP contribution in [-0.4, -0.2) is 29.3 Å². The van der Waals surface area contributed by atoms with Gasteiger partial charge in [-0.1, -0.05) is 31.0 Å². The summed E-state index contributed by atoms with van der Waals surface area (Å²) in [6.07, 6.45) is 5.70. The van der Waals surface area contributed by atoms with Crippen LogP contribution in [0.25, 0.3) is 0 Å². The molecule has 4 rings (SSSR count). The minimum Gasteiger partial charge on any atom is -0.338 e. The van der Waals surface area contributed by atoms with E-state index in [-0.39, 0.29) is 11.8 Å². The van der Waals surface area contributed by atoms with Gasteiger partial charge in [0.25, 0.3) is 0 Å². The van der Waals surface area contributed by atoms with E-state index < -0.39 is 5.41 Å². The van der Waals surface area contributed by atoms with E-state index in [2.05, 4.69) is 5.32 Å². The molecule has 1 saturated carbocycles. The quantitative estimate of drug-likeness (QED) is 0.861. The van der Waals surface area contributed by atoms with Gasteiger partial charge in [0.15, 0.2) is 0 Å². The molecule has 1 unspecified atom stereocenters. The van der Waals surface area contributed by atoms with E-state index in [4.69, 9.17) is 0 Å². The highest BCUT2D eigenvalue weighted by Crippen LogP contribution is 2.45. The highest BCUT2D eigenvalue weighted by molar-refractivity contribution is 6.07. The number of rotatable bonds is 1. The third-order valence-corrected chi connectivity index (χ3v) is 5.42. The van der Waals surface area contributed by atoms with E-state index in [1.165, 1.54) is 12.8 Å². The molecule has 4 nitrogen and oxygen atoms in total. The zero-order valence-corrected chi connectivity index (χ0v) is 12.1. The van der Waals surface area contributed by atoms with Crippen molar-refractivity contribution in [2.24, 2.45) is 0 Å². The topological polar surface area (TPSA) is 49.4 Å². The lowest BCUT2D eigenvalue weighted by atomic mass is 9.74. The number of carbonyl (C=O) groups excluding carboxylic acids is 2. The van der Waals surface area contributed by atoms with Gasteiger partial charge in [0.05, 0.1) is 5.41 Å². The zero-order chi connectivity index (χ0) is 14.4. The van der Waals surface area contributed by atoms with Gasteiger partial charge in [-0.05, 0) is 30.9 Å². The largest absolute Gasteiger partial charge is 0.338 e. The summed E-state index contributed by atoms with van der Waals surface area (Å²) in [6, 6.07) is 8.27. The van der Waals surface area contributed by atoms with Crippen LogP contribution in [0.4, 0.5) is 5.69 Å². The average molecular weight is 284 g/mol. The number of nitrogens with zero attached hydrogens (tertiary/aromatic N) is 1. The van der Waals surface area contributed by atoms with Gasteiger partial charge in [0.2, 0.25) is 11.8 Å². The van der Waals surface area contributed by atoms with Gasteiger partial charge < -0.3 is 10.2 Å². The highest BCUT2D eigenvalue weighted by atomic mass is 16.2. The molecule has 2 amide bonds. The Morgan fingerprint density at radius 2 is 1.90 bits per heavy atom. The van der Waals surface area contributed by atoms with E-state index in [1.807, 2.05) is 29.2 Å². The van der Waals surface area contributed by atoms with Gasteiger partial charge in [0, 0.05) is 24.7 Å². The van der Waals surface area contributed by atoms with Crippen LogP contribution < -0.4 is 5.32 Å². The number of likely N-dealkylation sites (tertiary alicyclic amines) is 1. The fourth-order valence-electron chi connectivity index (χ4n) is 4.25. The summed E-state index contributed by atoms with van der Waals surface area (Å²) in [4.78, 5) is 27.0. The molecule has 3 aliphatic rings. The molecule has 110 valence electrons. The van der Waals surface area contributed by atoms with Gasteiger partial charge in [-0.3, -0.25) is 9.59 Å². The van der Waals surface area contributed by atoms with Crippen LogP contribution in [0.15, 0.2) is 24.3 Å². The van der Waals surface area contributed by atoms with Crippen molar-refractivity contribution in [2.45, 2.75) is 50.0 Å². The first kappa shape index (κ1) is 12.9. The van der Waals surface area contributed by atoms with Gasteiger partial charge >= 0.3 is 0 Å². The van der Waals surface area contributed by atoms with Gasteiger partial charge in [0.1, 0.15) is 0 Å². The zero-order valence-electron chi connectivity index (χ0n) is 12.1. The summed E-state index contributed by atoms with van der Waals surface area (Å²) in [7, 11) is 0. The van der Waals surface area contributed by atoms with E-state index >= 15 is 0 Å². The summed E-state index contributed by atoms with van der Waals surface area (Å²) >= 11 is 0. The van der Waals surface area contributed by atoms with E-state index in [0.29, 0.717) is 25.4 Å². The Morgan fingerprint density at radius 1 is 1.14 bits per heavy atom. The number of nitrogens with one attached hydrogen (secondary N) is 1. The summed E-state index contributed by atoms with van der Waals surface area (Å²) in [6.45, 7) is 0.555. The van der Waals surface area contributed by atoms with Crippen molar-refractivity contribution < 1.29 is 9.59 Å². The lowest BCUT2D eigenvalue weighted by Gasteiger charge is -2.41. The Labute approximate surface area is 124 Å². The van der Waals surface area contributed by atoms with Crippen LogP contribution in [0.2, 0.25) is 0 Å². The van der Waals surface area contributed by atoms with Crippen LogP contribution in [0.5, 0.6) is 0 Å². The number of fused-ring (bicyclic) bond motifs is 2. The van der Waals surface area contributed by atoms with Gasteiger partial charge in [-0.15, -0.1) is 0 Å². The number of piperidine rings is 1. The number of hydrogen-bond donors (Lipinski definition) is 1. The molecular weight excluding hydrogens is 264 g/mol. The van der Waals surface area contributed by atoms with Crippen molar-refractivity contribution in [1.29, 1.82) is 0 Å². The fourth-order valence-corrected chi connectivity index (χ4v) is 4.25. The van der Waals surface area contributed by atoms with Crippen LogP contribution in [0.1, 0.15) is 44.1 Å². The molecule has 2 aliphatic heterocycles. The Kier molecular flexibility index (Phi) is 2.81. The van der Waals surface area contributed by atoms with Crippen LogP contribution in [0.3, 0.4) is 0 Å². The number of carbonyl (C=O) groups is 2. The molecule has 1 atom stereocenters. The SMILES string of the molecule is O=C1CCC2(CN1C1CCCC1)C(=O)Nc1ccccc12. The lowest BCUT2D eigenvalue weighted by molar-refractivity contribution is -0.140. The second-order valence-corrected chi connectivity index (χ2v) is 6.54. The predicted molar refractivity (Wildman–Crippen MR) is 80.0 cm³/mol. The van der Waals surface area contributed by atoms with Crippen molar-refractivity contribution in [3.8, 4) is 0 Å². The van der Waals surface area contributed by atoms with Gasteiger partial charge in [-0.2, -0.15) is 0 Å². The molecule has 1 saturated heterocycles. The first-order chi connectivity index (χ1) is 10.2. The second-order valence-electron chi connectivity index (χ2n) is 6.54. The lowest BCUT2D eigenvalue weighted by Crippen LogP contribution is -2.55. The molecule has 0 radical (unpaired) electrons. The first-order valence-electron chi connectivity index (χ1n) is 7.91. The predicted octanol–water partition coefficient (Wildman–Crippen LogP) is 2.44. The Morgan fingerprint density at radius 3 is 2.71 bits per heavy atom. The molecule has 21 heavy (non-hydrogen) atoms. The van der Waals surface area contributed by atoms with Crippen molar-refractivity contribution in [1.82, 2.24) is 4.90 Å². The molecule has 1 aromatic rings. The Bertz CT molecular complexity index is 607. The maximum Gasteiger partial charge on any atom is 0.236 e. The molecule has 1 spiro atoms. The molecule has 0 aromatic heterocycles. The number of para-hydroxylation sites is 1. The van der Waals surface area contributed by atoms with E-state index in [0.717, 1.165) is 24.1 Å². The second kappa shape index (κ2) is 4.58. The highest BCUT2D eigenvalue weighted by Gasteiger charge is 2.51. The van der Waals surface area contributed by atoms with Crippen molar-refractivity contribution in [2.75, 3.05) is 11.9 Å². The summed E-state index contributed by atoms with van der Waals surface area (Å²) in [5.41, 5.74) is 1.47. The molecule has 4 heteroatoms. The van der Waals surface area contributed by atoms with Crippen LogP contribution >= 0.6 is 0 Å². The van der Waals surface area contributed by atoms with Gasteiger partial charge in [-0.25, -0.2) is 0 Å². The molecule has 1 aromatic carbocycles. The average Bonchev–Trinajstić information content (AvgIpc) is 3.10. The monoisotopic (exact) mass is 284 g/mol. The fraction of sp³-hybridized carbons (Fsp3) is 0.529. The Balaban J connectivity index is 1.71. The molecule has 1 N–H and O–H groups in total. The van der Waals surface area contributed by atoms with E-state index in [9.17, 15) is 9.59 Å². The molecule has 2 heterocycles. The summed E-state index contributed by atoms with van der Waals surface area (Å²) < 4.78 is 0. The molecular formula is C17H20N2O2. The van der Waals surface area contributed by atoms with Crippen molar-refractivity contribution in [3.05, 3.63) is 29.8 Å². The third-order valence-electron chi connectivity index (χ3n) is 5.42. The van der Waals surface area contributed by atoms with Crippen LogP contribution in [-0.2, 0) is 15.0 Å². The maximum atomic E-state index is 12.6. The minimum atomic E-state index is -0.521. The maximum absolute atomic E-state index is 12.6. The minimum absolute atomic E-state index is 0.0687. The van der Waals surface area contributed by atoms with Crippen LogP contribution in [0, 0.1) is 0 Å². The summed E-state index contributed by atoms with van der Waals surface area (Å²) in [5, 5.41) is 3.01. The van der Waals surface area contributed by atoms with Crippen molar-refractivity contribution in [3.63, 3.8) is 0 Å². The first-order valence-corrected chi connectivity index (χ1v) is 7.91. The molecule has 0 bridgehead atoms. The normalized spacial score (nSPS) is 29.0. The number of anilines is 1. The molecule has 1 aliphatic carbocycles. The Hall–Kier alpha value is -1.84. The standard InChI is InChI=1S/C17H20N2O2/c20-15-9-10-17(11-19(15)12-5-1-2-6-12)13-7-3-4-8-14(13)18-16(17)21/h3-4,7-8,12H,1-2,5-6,9-11H2,(H,18,21). The smallest absolute Gasteiger partial charge is 0.236 e. The molecule has 2 fully saturated rings. The third kappa shape index (κ3) is 1.81. The number of amides is 2. The summed E-state index contributed by atoms with van der Waals surface area (Å²) in [5.74, 6) is 0.295. The van der Waals surface area contributed by atoms with E-state index in [1.54, 1.807) is 0 Å².